The van der Waals surface area contributed by atoms with Crippen LogP contribution in [0, 0.1) is 0 Å². The van der Waals surface area contributed by atoms with Gasteiger partial charge in [0.25, 0.3) is 0 Å². The van der Waals surface area contributed by atoms with Crippen LogP contribution in [-0.2, 0) is 16.0 Å². The summed E-state index contributed by atoms with van der Waals surface area (Å²) in [6.07, 6.45) is 1.81. The van der Waals surface area contributed by atoms with Gasteiger partial charge in [-0.15, -0.1) is 11.8 Å². The highest BCUT2D eigenvalue weighted by atomic mass is 79.9. The van der Waals surface area contributed by atoms with Crippen LogP contribution in [0.2, 0.25) is 0 Å². The number of methoxy groups -OCH3 is 1. The van der Waals surface area contributed by atoms with Crippen molar-refractivity contribution in [2.45, 2.75) is 23.0 Å². The monoisotopic (exact) mass is 286 g/mol. The van der Waals surface area contributed by atoms with Crippen molar-refractivity contribution in [3.63, 3.8) is 0 Å². The molecule has 1 atom stereocenters. The van der Waals surface area contributed by atoms with E-state index in [1.54, 1.807) is 11.8 Å². The number of hydrogen-bond acceptors (Lipinski definition) is 3. The summed E-state index contributed by atoms with van der Waals surface area (Å²) in [6, 6.07) is 6.18. The van der Waals surface area contributed by atoms with Gasteiger partial charge in [-0.2, -0.15) is 0 Å². The first-order valence-corrected chi connectivity index (χ1v) is 6.41. The van der Waals surface area contributed by atoms with Crippen LogP contribution in [0.25, 0.3) is 0 Å². The average molecular weight is 287 g/mol. The van der Waals surface area contributed by atoms with Crippen molar-refractivity contribution in [2.24, 2.45) is 0 Å². The molecule has 2 nitrogen and oxygen atoms in total. The maximum atomic E-state index is 11.4. The molecule has 0 radical (unpaired) electrons. The summed E-state index contributed by atoms with van der Waals surface area (Å²) in [5.41, 5.74) is 1.31. The minimum atomic E-state index is -0.117. The van der Waals surface area contributed by atoms with Gasteiger partial charge >= 0.3 is 5.97 Å². The number of ether oxygens (including phenoxy) is 1. The normalized spacial score (nSPS) is 19.5. The van der Waals surface area contributed by atoms with E-state index >= 15 is 0 Å². The molecule has 1 aliphatic heterocycles. The summed E-state index contributed by atoms with van der Waals surface area (Å²) in [6.45, 7) is 0. The lowest BCUT2D eigenvalue weighted by Crippen LogP contribution is -2.22. The summed E-state index contributed by atoms with van der Waals surface area (Å²) in [7, 11) is 1.44. The van der Waals surface area contributed by atoms with Gasteiger partial charge in [0, 0.05) is 9.37 Å². The van der Waals surface area contributed by atoms with Crippen LogP contribution < -0.4 is 0 Å². The number of esters is 1. The smallest absolute Gasteiger partial charge is 0.319 e. The summed E-state index contributed by atoms with van der Waals surface area (Å²) < 4.78 is 5.86. The van der Waals surface area contributed by atoms with Gasteiger partial charge in [0.1, 0.15) is 5.25 Å². The van der Waals surface area contributed by atoms with Crippen LogP contribution in [0.1, 0.15) is 12.0 Å². The Morgan fingerprint density at radius 2 is 2.40 bits per heavy atom. The van der Waals surface area contributed by atoms with Crippen molar-refractivity contribution in [2.75, 3.05) is 7.11 Å². The van der Waals surface area contributed by atoms with Crippen LogP contribution in [0.5, 0.6) is 0 Å². The topological polar surface area (TPSA) is 26.3 Å². The molecule has 80 valence electrons. The van der Waals surface area contributed by atoms with Gasteiger partial charge in [0.15, 0.2) is 0 Å². The molecule has 0 saturated carbocycles. The minimum absolute atomic E-state index is 0.0383. The molecule has 0 spiro atoms. The molecule has 1 aromatic carbocycles. The van der Waals surface area contributed by atoms with E-state index in [-0.39, 0.29) is 11.2 Å². The maximum absolute atomic E-state index is 11.4. The van der Waals surface area contributed by atoms with Crippen molar-refractivity contribution in [3.05, 3.63) is 28.2 Å². The standard InChI is InChI=1S/C11H11BrO2S/c1-14-11(13)10-4-2-7-6-8(12)3-5-9(7)15-10/h3,5-6,10H,2,4H2,1H3. The number of thioether (sulfide) groups is 1. The Labute approximate surface area is 102 Å². The zero-order valence-electron chi connectivity index (χ0n) is 8.33. The van der Waals surface area contributed by atoms with Gasteiger partial charge in [-0.05, 0) is 36.6 Å². The predicted octanol–water partition coefficient (Wildman–Crippen LogP) is 3.03. The average Bonchev–Trinajstić information content (AvgIpc) is 2.27. The first-order chi connectivity index (χ1) is 7.20. The van der Waals surface area contributed by atoms with E-state index in [0.717, 1.165) is 17.3 Å². The van der Waals surface area contributed by atoms with Crippen molar-refractivity contribution in [3.8, 4) is 0 Å². The third kappa shape index (κ3) is 2.37. The molecule has 1 aliphatic rings. The van der Waals surface area contributed by atoms with Crippen LogP contribution in [0.3, 0.4) is 0 Å². The summed E-state index contributed by atoms with van der Waals surface area (Å²) in [5.74, 6) is -0.117. The number of halogens is 1. The van der Waals surface area contributed by atoms with Crippen LogP contribution >= 0.6 is 27.7 Å². The Bertz CT molecular complexity index is 392. The fraction of sp³-hybridized carbons (Fsp3) is 0.364. The first kappa shape index (κ1) is 11.0. The van der Waals surface area contributed by atoms with Gasteiger partial charge in [0.05, 0.1) is 7.11 Å². The number of benzene rings is 1. The maximum Gasteiger partial charge on any atom is 0.319 e. The predicted molar refractivity (Wildman–Crippen MR) is 64.1 cm³/mol. The van der Waals surface area contributed by atoms with Crippen LogP contribution in [-0.4, -0.2) is 18.3 Å². The van der Waals surface area contributed by atoms with Gasteiger partial charge in [-0.1, -0.05) is 15.9 Å². The number of hydrogen-bond donors (Lipinski definition) is 0. The van der Waals surface area contributed by atoms with Crippen molar-refractivity contribution >= 4 is 33.7 Å². The van der Waals surface area contributed by atoms with Crippen LogP contribution in [0.4, 0.5) is 0 Å². The number of aryl methyl sites for hydroxylation is 1. The van der Waals surface area contributed by atoms with Crippen molar-refractivity contribution in [1.29, 1.82) is 0 Å². The molecule has 0 saturated heterocycles. The lowest BCUT2D eigenvalue weighted by molar-refractivity contribution is -0.140. The molecule has 1 unspecified atom stereocenters. The molecule has 2 rings (SSSR count). The Morgan fingerprint density at radius 1 is 1.60 bits per heavy atom. The summed E-state index contributed by atoms with van der Waals surface area (Å²) in [5, 5.41) is -0.0383. The fourth-order valence-electron chi connectivity index (χ4n) is 1.65. The molecule has 0 aliphatic carbocycles. The number of carbonyl (C=O) groups is 1. The molecule has 1 heterocycles. The Balaban J connectivity index is 2.20. The highest BCUT2D eigenvalue weighted by molar-refractivity contribution is 9.10. The zero-order valence-corrected chi connectivity index (χ0v) is 10.7. The first-order valence-electron chi connectivity index (χ1n) is 4.73. The summed E-state index contributed by atoms with van der Waals surface area (Å²) >= 11 is 5.05. The number of fused-ring (bicyclic) bond motifs is 1. The van der Waals surface area contributed by atoms with E-state index in [9.17, 15) is 4.79 Å². The fourth-order valence-corrected chi connectivity index (χ4v) is 3.26. The molecule has 4 heteroatoms. The largest absolute Gasteiger partial charge is 0.468 e. The van der Waals surface area contributed by atoms with E-state index in [1.165, 1.54) is 17.6 Å². The van der Waals surface area contributed by atoms with Gasteiger partial charge < -0.3 is 4.74 Å². The molecule has 0 aromatic heterocycles. The lowest BCUT2D eigenvalue weighted by atomic mass is 10.1. The van der Waals surface area contributed by atoms with Gasteiger partial charge in [0.2, 0.25) is 0 Å². The second-order valence-electron chi connectivity index (χ2n) is 3.42. The van der Waals surface area contributed by atoms with Gasteiger partial charge in [-0.25, -0.2) is 0 Å². The Kier molecular flexibility index (Phi) is 3.36. The number of rotatable bonds is 1. The van der Waals surface area contributed by atoms with E-state index in [2.05, 4.69) is 28.1 Å². The zero-order chi connectivity index (χ0) is 10.8. The highest BCUT2D eigenvalue weighted by Crippen LogP contribution is 2.36. The molecular weight excluding hydrogens is 276 g/mol. The summed E-state index contributed by atoms with van der Waals surface area (Å²) in [4.78, 5) is 12.6. The van der Waals surface area contributed by atoms with Gasteiger partial charge in [-0.3, -0.25) is 4.79 Å². The SMILES string of the molecule is COC(=O)C1CCc2cc(Br)ccc2S1. The van der Waals surface area contributed by atoms with Crippen molar-refractivity contribution < 1.29 is 9.53 Å². The molecular formula is C11H11BrO2S. The molecule has 0 amide bonds. The molecule has 0 bridgehead atoms. The second-order valence-corrected chi connectivity index (χ2v) is 5.58. The third-order valence-corrected chi connectivity index (χ3v) is 4.29. The molecule has 1 aromatic rings. The minimum Gasteiger partial charge on any atom is -0.468 e. The lowest BCUT2D eigenvalue weighted by Gasteiger charge is -2.22. The third-order valence-electron chi connectivity index (χ3n) is 2.43. The van der Waals surface area contributed by atoms with E-state index in [4.69, 9.17) is 4.74 Å². The Hall–Kier alpha value is -0.480. The van der Waals surface area contributed by atoms with E-state index in [1.807, 2.05) is 6.07 Å². The Morgan fingerprint density at radius 3 is 3.13 bits per heavy atom. The number of carbonyl (C=O) groups excluding carboxylic acids is 1. The van der Waals surface area contributed by atoms with Crippen molar-refractivity contribution in [1.82, 2.24) is 0 Å². The highest BCUT2D eigenvalue weighted by Gasteiger charge is 2.25. The van der Waals surface area contributed by atoms with E-state index in [0.29, 0.717) is 0 Å². The molecule has 15 heavy (non-hydrogen) atoms. The molecule has 0 fully saturated rings. The second kappa shape index (κ2) is 4.58. The van der Waals surface area contributed by atoms with E-state index < -0.39 is 0 Å². The molecule has 0 N–H and O–H groups in total. The van der Waals surface area contributed by atoms with Crippen LogP contribution in [0.15, 0.2) is 27.6 Å². The quantitative estimate of drug-likeness (QED) is 0.743.